The quantitative estimate of drug-likeness (QED) is 0.711. The summed E-state index contributed by atoms with van der Waals surface area (Å²) in [5.41, 5.74) is 0.239. The first kappa shape index (κ1) is 18.4. The summed E-state index contributed by atoms with van der Waals surface area (Å²) in [5, 5.41) is 12.1. The number of nitrogens with one attached hydrogen (secondary N) is 1. The van der Waals surface area contributed by atoms with Crippen LogP contribution in [0.2, 0.25) is 5.02 Å². The Morgan fingerprint density at radius 2 is 2.12 bits per heavy atom. The number of carboxylic acid groups (broad SMARTS) is 1. The summed E-state index contributed by atoms with van der Waals surface area (Å²) in [6.07, 6.45) is 3.29. The number of hydrogen-bond acceptors (Lipinski definition) is 4. The zero-order valence-corrected chi connectivity index (χ0v) is 14.6. The highest BCUT2D eigenvalue weighted by atomic mass is 35.5. The van der Waals surface area contributed by atoms with Crippen molar-refractivity contribution in [1.82, 2.24) is 5.32 Å². The maximum Gasteiger partial charge on any atom is 0.326 e. The summed E-state index contributed by atoms with van der Waals surface area (Å²) >= 11 is 6.19. The van der Waals surface area contributed by atoms with Crippen LogP contribution in [0.4, 0.5) is 0 Å². The largest absolute Gasteiger partial charge is 0.493 e. The SMILES string of the molecule is CCCOc1c(Cl)cc(C(=O)NC(CC2CC2)C(=O)O)cc1OC. The second-order valence-corrected chi connectivity index (χ2v) is 6.29. The van der Waals surface area contributed by atoms with E-state index in [1.54, 1.807) is 0 Å². The number of carbonyl (C=O) groups is 2. The van der Waals surface area contributed by atoms with Crippen molar-refractivity contribution >= 4 is 23.5 Å². The van der Waals surface area contributed by atoms with Crippen LogP contribution in [0, 0.1) is 5.92 Å². The van der Waals surface area contributed by atoms with Gasteiger partial charge in [0.1, 0.15) is 6.04 Å². The molecule has 132 valence electrons. The molecule has 1 atom stereocenters. The second kappa shape index (κ2) is 8.24. The maximum atomic E-state index is 12.4. The van der Waals surface area contributed by atoms with Crippen molar-refractivity contribution in [2.45, 2.75) is 38.6 Å². The lowest BCUT2D eigenvalue weighted by Gasteiger charge is -2.16. The highest BCUT2D eigenvalue weighted by molar-refractivity contribution is 6.32. The van der Waals surface area contributed by atoms with E-state index in [-0.39, 0.29) is 10.6 Å². The molecule has 1 fully saturated rings. The van der Waals surface area contributed by atoms with E-state index in [1.165, 1.54) is 19.2 Å². The van der Waals surface area contributed by atoms with Gasteiger partial charge >= 0.3 is 5.97 Å². The van der Waals surface area contributed by atoms with Gasteiger partial charge in [-0.2, -0.15) is 0 Å². The lowest BCUT2D eigenvalue weighted by Crippen LogP contribution is -2.41. The number of amides is 1. The molecule has 0 aliphatic heterocycles. The molecule has 0 heterocycles. The van der Waals surface area contributed by atoms with Crippen LogP contribution in [-0.4, -0.2) is 36.7 Å². The van der Waals surface area contributed by atoms with Crippen molar-refractivity contribution in [3.05, 3.63) is 22.7 Å². The molecule has 24 heavy (non-hydrogen) atoms. The summed E-state index contributed by atoms with van der Waals surface area (Å²) in [5.74, 6) is -0.420. The Labute approximate surface area is 146 Å². The lowest BCUT2D eigenvalue weighted by atomic mass is 10.1. The molecule has 2 N–H and O–H groups in total. The van der Waals surface area contributed by atoms with E-state index >= 15 is 0 Å². The van der Waals surface area contributed by atoms with Crippen molar-refractivity contribution in [3.63, 3.8) is 0 Å². The number of benzene rings is 1. The van der Waals surface area contributed by atoms with Gasteiger partial charge < -0.3 is 19.9 Å². The van der Waals surface area contributed by atoms with Crippen LogP contribution in [0.25, 0.3) is 0 Å². The molecule has 6 nitrogen and oxygen atoms in total. The number of carboxylic acids is 1. The third kappa shape index (κ3) is 4.77. The first-order chi connectivity index (χ1) is 11.5. The van der Waals surface area contributed by atoms with Crippen molar-refractivity contribution in [2.24, 2.45) is 5.92 Å². The van der Waals surface area contributed by atoms with E-state index < -0.39 is 17.9 Å². The molecular weight excluding hydrogens is 334 g/mol. The summed E-state index contributed by atoms with van der Waals surface area (Å²) < 4.78 is 10.8. The molecule has 0 saturated heterocycles. The highest BCUT2D eigenvalue weighted by Gasteiger charge is 2.30. The van der Waals surface area contributed by atoms with Gasteiger partial charge in [0.15, 0.2) is 11.5 Å². The molecular formula is C17H22ClNO5. The number of methoxy groups -OCH3 is 1. The fraction of sp³-hybridized carbons (Fsp3) is 0.529. The topological polar surface area (TPSA) is 84.9 Å². The predicted octanol–water partition coefficient (Wildman–Crippen LogP) is 3.12. The molecule has 1 saturated carbocycles. The first-order valence-corrected chi connectivity index (χ1v) is 8.38. The molecule has 1 aliphatic rings. The Morgan fingerprint density at radius 1 is 1.42 bits per heavy atom. The summed E-state index contributed by atoms with van der Waals surface area (Å²) in [4.78, 5) is 23.7. The predicted molar refractivity (Wildman–Crippen MR) is 90.0 cm³/mol. The lowest BCUT2D eigenvalue weighted by molar-refractivity contribution is -0.139. The third-order valence-corrected chi connectivity index (χ3v) is 4.09. The Bertz CT molecular complexity index is 615. The first-order valence-electron chi connectivity index (χ1n) is 8.00. The minimum Gasteiger partial charge on any atom is -0.493 e. The normalized spacial score (nSPS) is 14.8. The number of rotatable bonds is 9. The number of hydrogen-bond donors (Lipinski definition) is 2. The fourth-order valence-electron chi connectivity index (χ4n) is 2.35. The number of ether oxygens (including phenoxy) is 2. The Kier molecular flexibility index (Phi) is 6.31. The number of carbonyl (C=O) groups excluding carboxylic acids is 1. The molecule has 1 amide bonds. The van der Waals surface area contributed by atoms with E-state index in [4.69, 9.17) is 21.1 Å². The monoisotopic (exact) mass is 355 g/mol. The van der Waals surface area contributed by atoms with Gasteiger partial charge in [0, 0.05) is 5.56 Å². The van der Waals surface area contributed by atoms with E-state index in [0.717, 1.165) is 19.3 Å². The molecule has 0 aromatic heterocycles. The summed E-state index contributed by atoms with van der Waals surface area (Å²) in [7, 11) is 1.46. The Balaban J connectivity index is 2.15. The van der Waals surface area contributed by atoms with Gasteiger partial charge in [-0.05, 0) is 30.9 Å². The molecule has 1 aromatic carbocycles. The van der Waals surface area contributed by atoms with Gasteiger partial charge in [-0.15, -0.1) is 0 Å². The van der Waals surface area contributed by atoms with Crippen molar-refractivity contribution < 1.29 is 24.2 Å². The van der Waals surface area contributed by atoms with Gasteiger partial charge in [-0.1, -0.05) is 31.4 Å². The van der Waals surface area contributed by atoms with Crippen LogP contribution in [0.15, 0.2) is 12.1 Å². The van der Waals surface area contributed by atoms with Crippen LogP contribution in [0.5, 0.6) is 11.5 Å². The van der Waals surface area contributed by atoms with Gasteiger partial charge in [0.2, 0.25) is 0 Å². The molecule has 0 radical (unpaired) electrons. The van der Waals surface area contributed by atoms with Gasteiger partial charge in [-0.3, -0.25) is 4.79 Å². The van der Waals surface area contributed by atoms with Crippen LogP contribution in [0.1, 0.15) is 43.0 Å². The Morgan fingerprint density at radius 3 is 2.67 bits per heavy atom. The minimum atomic E-state index is -1.03. The second-order valence-electron chi connectivity index (χ2n) is 5.88. The van der Waals surface area contributed by atoms with E-state index in [2.05, 4.69) is 5.32 Å². The number of halogens is 1. The van der Waals surface area contributed by atoms with Crippen LogP contribution < -0.4 is 14.8 Å². The summed E-state index contributed by atoms with van der Waals surface area (Å²) in [6.45, 7) is 2.44. The average molecular weight is 356 g/mol. The minimum absolute atomic E-state index is 0.239. The van der Waals surface area contributed by atoms with Crippen LogP contribution in [-0.2, 0) is 4.79 Å². The molecule has 0 spiro atoms. The van der Waals surface area contributed by atoms with Crippen molar-refractivity contribution in [1.29, 1.82) is 0 Å². The average Bonchev–Trinajstić information content (AvgIpc) is 3.36. The van der Waals surface area contributed by atoms with Crippen LogP contribution in [0.3, 0.4) is 0 Å². The van der Waals surface area contributed by atoms with Gasteiger partial charge in [-0.25, -0.2) is 4.79 Å². The molecule has 2 rings (SSSR count). The smallest absolute Gasteiger partial charge is 0.326 e. The van der Waals surface area contributed by atoms with E-state index in [9.17, 15) is 14.7 Å². The summed E-state index contributed by atoms with van der Waals surface area (Å²) in [6, 6.07) is 2.06. The zero-order chi connectivity index (χ0) is 17.7. The van der Waals surface area contributed by atoms with Gasteiger partial charge in [0.05, 0.1) is 18.7 Å². The van der Waals surface area contributed by atoms with Crippen molar-refractivity contribution in [2.75, 3.05) is 13.7 Å². The molecule has 1 unspecified atom stereocenters. The Hall–Kier alpha value is -1.95. The van der Waals surface area contributed by atoms with E-state index in [0.29, 0.717) is 30.4 Å². The molecule has 1 aromatic rings. The van der Waals surface area contributed by atoms with Gasteiger partial charge in [0.25, 0.3) is 5.91 Å². The fourth-order valence-corrected chi connectivity index (χ4v) is 2.61. The zero-order valence-electron chi connectivity index (χ0n) is 13.8. The standard InChI is InChI=1S/C17H22ClNO5/c1-3-6-24-15-12(18)8-11(9-14(15)23-2)16(20)19-13(17(21)22)7-10-4-5-10/h8-10,13H,3-7H2,1-2H3,(H,19,20)(H,21,22). The van der Waals surface area contributed by atoms with Crippen molar-refractivity contribution in [3.8, 4) is 11.5 Å². The molecule has 1 aliphatic carbocycles. The molecule has 0 bridgehead atoms. The van der Waals surface area contributed by atoms with Crippen LogP contribution >= 0.6 is 11.6 Å². The van der Waals surface area contributed by atoms with E-state index in [1.807, 2.05) is 6.92 Å². The molecule has 7 heteroatoms. The highest BCUT2D eigenvalue weighted by Crippen LogP contribution is 2.37. The third-order valence-electron chi connectivity index (χ3n) is 3.81. The number of aliphatic carboxylic acids is 1. The maximum absolute atomic E-state index is 12.4.